The normalized spacial score (nSPS) is 15.1. The largest absolute Gasteiger partial charge is 0.402 e. The van der Waals surface area contributed by atoms with Crippen molar-refractivity contribution in [2.75, 3.05) is 0 Å². The number of nitrogens with zero attached hydrogens (tertiary/aromatic N) is 1. The summed E-state index contributed by atoms with van der Waals surface area (Å²) < 4.78 is 0. The highest BCUT2D eigenvalue weighted by atomic mass is 14.8. The molecule has 0 amide bonds. The van der Waals surface area contributed by atoms with Gasteiger partial charge in [0.05, 0.1) is 5.54 Å². The molecule has 0 spiro atoms. The summed E-state index contributed by atoms with van der Waals surface area (Å²) in [5, 5.41) is 0. The third-order valence-electron chi connectivity index (χ3n) is 1.50. The topological polar surface area (TPSA) is 38.4 Å². The second kappa shape index (κ2) is 4.29. The van der Waals surface area contributed by atoms with Crippen molar-refractivity contribution in [3.05, 3.63) is 11.3 Å². The van der Waals surface area contributed by atoms with Crippen LogP contribution in [0.3, 0.4) is 0 Å². The SMILES string of the molecule is CCC(C=NC(C)(C)C)=C(C)N. The Kier molecular flexibility index (Phi) is 4.01. The minimum absolute atomic E-state index is 0.00410. The van der Waals surface area contributed by atoms with Crippen molar-refractivity contribution in [1.29, 1.82) is 0 Å². The van der Waals surface area contributed by atoms with Gasteiger partial charge in [-0.3, -0.25) is 4.99 Å². The minimum Gasteiger partial charge on any atom is -0.402 e. The molecule has 0 radical (unpaired) electrons. The van der Waals surface area contributed by atoms with Gasteiger partial charge in [-0.05, 0) is 39.7 Å². The molecule has 0 aromatic carbocycles. The third kappa shape index (κ3) is 4.94. The van der Waals surface area contributed by atoms with Crippen molar-refractivity contribution in [3.63, 3.8) is 0 Å². The van der Waals surface area contributed by atoms with Crippen LogP contribution in [0.25, 0.3) is 0 Å². The third-order valence-corrected chi connectivity index (χ3v) is 1.50. The van der Waals surface area contributed by atoms with Crippen LogP contribution in [0.4, 0.5) is 0 Å². The highest BCUT2D eigenvalue weighted by Gasteiger charge is 2.05. The molecule has 0 heterocycles. The molecule has 0 aromatic rings. The van der Waals surface area contributed by atoms with E-state index in [0.717, 1.165) is 17.7 Å². The Balaban J connectivity index is 4.43. The summed E-state index contributed by atoms with van der Waals surface area (Å²) in [6.45, 7) is 10.2. The molecule has 70 valence electrons. The van der Waals surface area contributed by atoms with Gasteiger partial charge in [-0.2, -0.15) is 0 Å². The molecule has 0 rings (SSSR count). The van der Waals surface area contributed by atoms with Gasteiger partial charge in [0.25, 0.3) is 0 Å². The minimum atomic E-state index is -0.00410. The van der Waals surface area contributed by atoms with E-state index in [2.05, 4.69) is 32.7 Å². The maximum atomic E-state index is 5.66. The average Bonchev–Trinajstić information content (AvgIpc) is 1.85. The lowest BCUT2D eigenvalue weighted by atomic mass is 10.1. The summed E-state index contributed by atoms with van der Waals surface area (Å²) in [5.41, 5.74) is 7.66. The standard InChI is InChI=1S/C10H20N2/c1-6-9(8(2)11)7-12-10(3,4)5/h7H,6,11H2,1-5H3. The fourth-order valence-electron chi connectivity index (χ4n) is 0.744. The van der Waals surface area contributed by atoms with Crippen LogP contribution >= 0.6 is 0 Å². The quantitative estimate of drug-likeness (QED) is 0.632. The number of rotatable bonds is 2. The molecule has 0 aliphatic rings. The van der Waals surface area contributed by atoms with E-state index in [1.165, 1.54) is 0 Å². The van der Waals surface area contributed by atoms with Crippen molar-refractivity contribution in [2.24, 2.45) is 10.7 Å². The maximum Gasteiger partial charge on any atom is 0.0524 e. The fourth-order valence-corrected chi connectivity index (χ4v) is 0.744. The van der Waals surface area contributed by atoms with Crippen LogP contribution in [-0.2, 0) is 0 Å². The van der Waals surface area contributed by atoms with Gasteiger partial charge < -0.3 is 5.73 Å². The number of hydrogen-bond acceptors (Lipinski definition) is 2. The highest BCUT2D eigenvalue weighted by Crippen LogP contribution is 2.08. The van der Waals surface area contributed by atoms with Crippen LogP contribution in [0.1, 0.15) is 41.0 Å². The molecule has 0 aliphatic carbocycles. The van der Waals surface area contributed by atoms with Gasteiger partial charge in [0, 0.05) is 11.9 Å². The molecule has 0 unspecified atom stereocenters. The number of hydrogen-bond donors (Lipinski definition) is 1. The monoisotopic (exact) mass is 168 g/mol. The number of aliphatic imine (C=N–C) groups is 1. The van der Waals surface area contributed by atoms with Crippen molar-refractivity contribution < 1.29 is 0 Å². The Morgan fingerprint density at radius 1 is 1.42 bits per heavy atom. The Bertz CT molecular complexity index is 190. The first kappa shape index (κ1) is 11.2. The summed E-state index contributed by atoms with van der Waals surface area (Å²) >= 11 is 0. The van der Waals surface area contributed by atoms with Gasteiger partial charge in [0.1, 0.15) is 0 Å². The highest BCUT2D eigenvalue weighted by molar-refractivity contribution is 5.79. The van der Waals surface area contributed by atoms with Crippen LogP contribution in [0, 0.1) is 0 Å². The Morgan fingerprint density at radius 2 is 1.92 bits per heavy atom. The maximum absolute atomic E-state index is 5.66. The summed E-state index contributed by atoms with van der Waals surface area (Å²) in [6, 6.07) is 0. The molecule has 2 N–H and O–H groups in total. The Morgan fingerprint density at radius 3 is 2.17 bits per heavy atom. The van der Waals surface area contributed by atoms with Crippen molar-refractivity contribution >= 4 is 6.21 Å². The second-order valence-electron chi connectivity index (χ2n) is 3.99. The van der Waals surface area contributed by atoms with E-state index >= 15 is 0 Å². The van der Waals surface area contributed by atoms with Crippen LogP contribution in [0.5, 0.6) is 0 Å². The second-order valence-corrected chi connectivity index (χ2v) is 3.99. The first-order valence-electron chi connectivity index (χ1n) is 4.37. The molecule has 12 heavy (non-hydrogen) atoms. The predicted octanol–water partition coefficient (Wildman–Crippen LogP) is 2.50. The average molecular weight is 168 g/mol. The lowest BCUT2D eigenvalue weighted by Gasteiger charge is -2.11. The van der Waals surface area contributed by atoms with Crippen molar-refractivity contribution in [3.8, 4) is 0 Å². The van der Waals surface area contributed by atoms with E-state index in [4.69, 9.17) is 5.73 Å². The van der Waals surface area contributed by atoms with Gasteiger partial charge in [-0.1, -0.05) is 6.92 Å². The summed E-state index contributed by atoms with van der Waals surface area (Å²) in [6.07, 6.45) is 2.83. The molecule has 0 bridgehead atoms. The van der Waals surface area contributed by atoms with Gasteiger partial charge in [-0.25, -0.2) is 0 Å². The van der Waals surface area contributed by atoms with Gasteiger partial charge >= 0.3 is 0 Å². The van der Waals surface area contributed by atoms with Crippen LogP contribution in [-0.4, -0.2) is 11.8 Å². The summed E-state index contributed by atoms with van der Waals surface area (Å²) in [4.78, 5) is 4.39. The molecule has 2 nitrogen and oxygen atoms in total. The lowest BCUT2D eigenvalue weighted by Crippen LogP contribution is -2.10. The Labute approximate surface area is 75.6 Å². The van der Waals surface area contributed by atoms with Crippen LogP contribution in [0.2, 0.25) is 0 Å². The summed E-state index contributed by atoms with van der Waals surface area (Å²) in [5.74, 6) is 0. The first-order valence-corrected chi connectivity index (χ1v) is 4.37. The predicted molar refractivity (Wildman–Crippen MR) is 55.4 cm³/mol. The molecular formula is C10H20N2. The van der Waals surface area contributed by atoms with E-state index in [0.29, 0.717) is 0 Å². The van der Waals surface area contributed by atoms with Gasteiger partial charge in [0.2, 0.25) is 0 Å². The first-order chi connectivity index (χ1) is 5.37. The van der Waals surface area contributed by atoms with E-state index in [-0.39, 0.29) is 5.54 Å². The summed E-state index contributed by atoms with van der Waals surface area (Å²) in [7, 11) is 0. The fraction of sp³-hybridized carbons (Fsp3) is 0.700. The molecule has 0 saturated heterocycles. The number of allylic oxidation sites excluding steroid dienone is 2. The van der Waals surface area contributed by atoms with Gasteiger partial charge in [-0.15, -0.1) is 0 Å². The van der Waals surface area contributed by atoms with E-state index in [1.54, 1.807) is 0 Å². The molecule has 2 heteroatoms. The van der Waals surface area contributed by atoms with Crippen LogP contribution < -0.4 is 5.73 Å². The zero-order valence-electron chi connectivity index (χ0n) is 8.81. The van der Waals surface area contributed by atoms with E-state index in [1.807, 2.05) is 13.1 Å². The van der Waals surface area contributed by atoms with E-state index < -0.39 is 0 Å². The van der Waals surface area contributed by atoms with Crippen LogP contribution in [0.15, 0.2) is 16.3 Å². The smallest absolute Gasteiger partial charge is 0.0524 e. The molecular weight excluding hydrogens is 148 g/mol. The lowest BCUT2D eigenvalue weighted by molar-refractivity contribution is 0.586. The zero-order valence-corrected chi connectivity index (χ0v) is 8.81. The van der Waals surface area contributed by atoms with Crippen molar-refractivity contribution in [2.45, 2.75) is 46.6 Å². The number of nitrogens with two attached hydrogens (primary N) is 1. The van der Waals surface area contributed by atoms with E-state index in [9.17, 15) is 0 Å². The zero-order chi connectivity index (χ0) is 9.78. The molecule has 0 aliphatic heterocycles. The Hall–Kier alpha value is -0.790. The molecule has 0 atom stereocenters. The van der Waals surface area contributed by atoms with Crippen molar-refractivity contribution in [1.82, 2.24) is 0 Å². The molecule has 0 fully saturated rings. The van der Waals surface area contributed by atoms with Gasteiger partial charge in [0.15, 0.2) is 0 Å². The molecule has 0 aromatic heterocycles. The molecule has 0 saturated carbocycles.